The van der Waals surface area contributed by atoms with E-state index < -0.39 is 0 Å². The van der Waals surface area contributed by atoms with Crippen molar-refractivity contribution in [3.63, 3.8) is 0 Å². The van der Waals surface area contributed by atoms with Gasteiger partial charge >= 0.3 is 0 Å². The lowest BCUT2D eigenvalue weighted by Gasteiger charge is -2.18. The summed E-state index contributed by atoms with van der Waals surface area (Å²) in [6.07, 6.45) is 0. The first-order valence-corrected chi connectivity index (χ1v) is 7.67. The standard InChI is InChI=1S/C17H21BrN2/c1-14-5-3-4-6-17(14)19-11-12-20(2)13-15-7-9-16(18)10-8-15/h3-10,19H,11-13H2,1-2H3. The van der Waals surface area contributed by atoms with Crippen molar-refractivity contribution in [2.45, 2.75) is 13.5 Å². The Morgan fingerprint density at radius 1 is 1.05 bits per heavy atom. The zero-order valence-corrected chi connectivity index (χ0v) is 13.7. The van der Waals surface area contributed by atoms with Crippen molar-refractivity contribution in [3.8, 4) is 0 Å². The van der Waals surface area contributed by atoms with Crippen molar-refractivity contribution in [1.82, 2.24) is 4.90 Å². The molecule has 0 unspecified atom stereocenters. The molecule has 0 bridgehead atoms. The normalized spacial score (nSPS) is 10.8. The van der Waals surface area contributed by atoms with Gasteiger partial charge in [0.15, 0.2) is 0 Å². The van der Waals surface area contributed by atoms with Gasteiger partial charge in [0.25, 0.3) is 0 Å². The van der Waals surface area contributed by atoms with E-state index in [1.807, 2.05) is 0 Å². The predicted molar refractivity (Wildman–Crippen MR) is 90.1 cm³/mol. The molecule has 0 aliphatic carbocycles. The van der Waals surface area contributed by atoms with E-state index in [4.69, 9.17) is 0 Å². The van der Waals surface area contributed by atoms with Crippen molar-refractivity contribution < 1.29 is 0 Å². The molecule has 0 aliphatic heterocycles. The smallest absolute Gasteiger partial charge is 0.0370 e. The van der Waals surface area contributed by atoms with E-state index in [1.165, 1.54) is 16.8 Å². The number of rotatable bonds is 6. The lowest BCUT2D eigenvalue weighted by molar-refractivity contribution is 0.340. The molecule has 3 heteroatoms. The number of nitrogens with zero attached hydrogens (tertiary/aromatic N) is 1. The molecule has 20 heavy (non-hydrogen) atoms. The molecule has 0 fully saturated rings. The summed E-state index contributed by atoms with van der Waals surface area (Å²) in [5.41, 5.74) is 3.86. The molecule has 0 spiro atoms. The number of likely N-dealkylation sites (N-methyl/N-ethyl adjacent to an activating group) is 1. The third-order valence-electron chi connectivity index (χ3n) is 3.32. The van der Waals surface area contributed by atoms with E-state index in [9.17, 15) is 0 Å². The van der Waals surface area contributed by atoms with E-state index in [-0.39, 0.29) is 0 Å². The molecule has 2 rings (SSSR count). The third kappa shape index (κ3) is 4.66. The van der Waals surface area contributed by atoms with Crippen molar-refractivity contribution in [3.05, 3.63) is 64.1 Å². The van der Waals surface area contributed by atoms with Gasteiger partial charge in [0.2, 0.25) is 0 Å². The van der Waals surface area contributed by atoms with Crippen LogP contribution in [0.4, 0.5) is 5.69 Å². The number of nitrogens with one attached hydrogen (secondary N) is 1. The van der Waals surface area contributed by atoms with Crippen molar-refractivity contribution in [1.29, 1.82) is 0 Å². The molecule has 0 saturated carbocycles. The lowest BCUT2D eigenvalue weighted by Crippen LogP contribution is -2.24. The Labute approximate surface area is 129 Å². The molecule has 1 N–H and O–H groups in total. The van der Waals surface area contributed by atoms with Crippen LogP contribution in [0.3, 0.4) is 0 Å². The Balaban J connectivity index is 1.76. The molecular formula is C17H21BrN2. The highest BCUT2D eigenvalue weighted by Gasteiger charge is 2.01. The average Bonchev–Trinajstić information content (AvgIpc) is 2.43. The zero-order valence-electron chi connectivity index (χ0n) is 12.1. The Morgan fingerprint density at radius 2 is 1.75 bits per heavy atom. The van der Waals surface area contributed by atoms with Gasteiger partial charge in [-0.25, -0.2) is 0 Å². The summed E-state index contributed by atoms with van der Waals surface area (Å²) in [4.78, 5) is 2.33. The number of anilines is 1. The Kier molecular flexibility index (Phi) is 5.62. The molecule has 0 aliphatic rings. The molecule has 0 aromatic heterocycles. The van der Waals surface area contributed by atoms with Crippen molar-refractivity contribution >= 4 is 21.6 Å². The van der Waals surface area contributed by atoms with Crippen LogP contribution in [-0.4, -0.2) is 25.0 Å². The van der Waals surface area contributed by atoms with Crippen LogP contribution >= 0.6 is 15.9 Å². The summed E-state index contributed by atoms with van der Waals surface area (Å²) in [7, 11) is 2.15. The first-order valence-electron chi connectivity index (χ1n) is 6.87. The summed E-state index contributed by atoms with van der Waals surface area (Å²) in [5.74, 6) is 0. The summed E-state index contributed by atoms with van der Waals surface area (Å²) in [6.45, 7) is 5.08. The Morgan fingerprint density at radius 3 is 2.45 bits per heavy atom. The molecule has 0 radical (unpaired) electrons. The number of para-hydroxylation sites is 1. The van der Waals surface area contributed by atoms with Gasteiger partial charge in [-0.1, -0.05) is 46.3 Å². The minimum atomic E-state index is 0.956. The highest BCUT2D eigenvalue weighted by molar-refractivity contribution is 9.10. The minimum absolute atomic E-state index is 0.956. The van der Waals surface area contributed by atoms with Crippen LogP contribution in [0, 0.1) is 6.92 Å². The average molecular weight is 333 g/mol. The molecular weight excluding hydrogens is 312 g/mol. The van der Waals surface area contributed by atoms with E-state index in [1.54, 1.807) is 0 Å². The van der Waals surface area contributed by atoms with Crippen LogP contribution in [0.5, 0.6) is 0 Å². The molecule has 2 aromatic carbocycles. The van der Waals surface area contributed by atoms with Gasteiger partial charge in [0, 0.05) is 29.8 Å². The SMILES string of the molecule is Cc1ccccc1NCCN(C)Cc1ccc(Br)cc1. The molecule has 0 amide bonds. The number of benzene rings is 2. The zero-order chi connectivity index (χ0) is 14.4. The molecule has 0 heterocycles. The van der Waals surface area contributed by atoms with Crippen LogP contribution in [0.1, 0.15) is 11.1 Å². The van der Waals surface area contributed by atoms with Gasteiger partial charge in [-0.3, -0.25) is 0 Å². The second kappa shape index (κ2) is 7.46. The molecule has 0 saturated heterocycles. The maximum absolute atomic E-state index is 3.49. The number of hydrogen-bond donors (Lipinski definition) is 1. The molecule has 0 atom stereocenters. The maximum Gasteiger partial charge on any atom is 0.0370 e. The van der Waals surface area contributed by atoms with Crippen LogP contribution < -0.4 is 5.32 Å². The van der Waals surface area contributed by atoms with Gasteiger partial charge in [0.05, 0.1) is 0 Å². The summed E-state index contributed by atoms with van der Waals surface area (Å²) < 4.78 is 1.13. The van der Waals surface area contributed by atoms with Crippen LogP contribution in [0.25, 0.3) is 0 Å². The lowest BCUT2D eigenvalue weighted by atomic mass is 10.2. The highest BCUT2D eigenvalue weighted by atomic mass is 79.9. The largest absolute Gasteiger partial charge is 0.384 e. The number of halogens is 1. The van der Waals surface area contributed by atoms with Gasteiger partial charge in [-0.2, -0.15) is 0 Å². The summed E-state index contributed by atoms with van der Waals surface area (Å²) >= 11 is 3.46. The van der Waals surface area contributed by atoms with Crippen molar-refractivity contribution in [2.24, 2.45) is 0 Å². The molecule has 2 aromatic rings. The van der Waals surface area contributed by atoms with Gasteiger partial charge in [0.1, 0.15) is 0 Å². The van der Waals surface area contributed by atoms with E-state index in [2.05, 4.69) is 88.6 Å². The van der Waals surface area contributed by atoms with E-state index in [0.29, 0.717) is 0 Å². The second-order valence-electron chi connectivity index (χ2n) is 5.11. The van der Waals surface area contributed by atoms with Gasteiger partial charge in [-0.15, -0.1) is 0 Å². The van der Waals surface area contributed by atoms with Crippen LogP contribution in [-0.2, 0) is 6.54 Å². The molecule has 106 valence electrons. The monoisotopic (exact) mass is 332 g/mol. The fourth-order valence-electron chi connectivity index (χ4n) is 2.13. The number of aryl methyl sites for hydroxylation is 1. The third-order valence-corrected chi connectivity index (χ3v) is 3.85. The highest BCUT2D eigenvalue weighted by Crippen LogP contribution is 2.13. The first-order chi connectivity index (χ1) is 9.65. The molecule has 2 nitrogen and oxygen atoms in total. The summed E-state index contributed by atoms with van der Waals surface area (Å²) in [5, 5.41) is 3.49. The van der Waals surface area contributed by atoms with Crippen LogP contribution in [0.2, 0.25) is 0 Å². The Bertz CT molecular complexity index is 537. The first kappa shape index (κ1) is 15.1. The summed E-state index contributed by atoms with van der Waals surface area (Å²) in [6, 6.07) is 16.9. The fourth-order valence-corrected chi connectivity index (χ4v) is 2.40. The van der Waals surface area contributed by atoms with Crippen LogP contribution in [0.15, 0.2) is 53.0 Å². The predicted octanol–water partition coefficient (Wildman–Crippen LogP) is 4.30. The Hall–Kier alpha value is -1.32. The van der Waals surface area contributed by atoms with E-state index in [0.717, 1.165) is 24.1 Å². The quantitative estimate of drug-likeness (QED) is 0.848. The fraction of sp³-hybridized carbons (Fsp3) is 0.294. The van der Waals surface area contributed by atoms with Gasteiger partial charge < -0.3 is 10.2 Å². The number of hydrogen-bond acceptors (Lipinski definition) is 2. The maximum atomic E-state index is 3.49. The van der Waals surface area contributed by atoms with Gasteiger partial charge in [-0.05, 0) is 43.3 Å². The van der Waals surface area contributed by atoms with E-state index >= 15 is 0 Å². The topological polar surface area (TPSA) is 15.3 Å². The minimum Gasteiger partial charge on any atom is -0.384 e. The second-order valence-corrected chi connectivity index (χ2v) is 6.02. The van der Waals surface area contributed by atoms with Crippen molar-refractivity contribution in [2.75, 3.05) is 25.5 Å².